The van der Waals surface area contributed by atoms with Crippen molar-refractivity contribution in [2.45, 2.75) is 6.54 Å². The normalized spacial score (nSPS) is 10.3. The zero-order chi connectivity index (χ0) is 9.97. The maximum Gasteiger partial charge on any atom is 0.355 e. The van der Waals surface area contributed by atoms with Gasteiger partial charge in [-0.2, -0.15) is 5.10 Å². The molecule has 1 N–H and O–H groups in total. The summed E-state index contributed by atoms with van der Waals surface area (Å²) < 4.78 is 1.70. The van der Waals surface area contributed by atoms with Crippen molar-refractivity contribution >= 4 is 17.3 Å². The van der Waals surface area contributed by atoms with Gasteiger partial charge < -0.3 is 5.11 Å². The van der Waals surface area contributed by atoms with Crippen LogP contribution in [0.15, 0.2) is 23.8 Å². The number of thiazole rings is 1. The van der Waals surface area contributed by atoms with Gasteiger partial charge in [0, 0.05) is 17.8 Å². The van der Waals surface area contributed by atoms with Gasteiger partial charge in [0.25, 0.3) is 0 Å². The maximum atomic E-state index is 10.5. The van der Waals surface area contributed by atoms with Crippen molar-refractivity contribution in [1.82, 2.24) is 14.8 Å². The Kier molecular flexibility index (Phi) is 2.28. The van der Waals surface area contributed by atoms with Crippen LogP contribution in [-0.4, -0.2) is 25.8 Å². The van der Waals surface area contributed by atoms with E-state index in [0.717, 1.165) is 5.01 Å². The van der Waals surface area contributed by atoms with Crippen LogP contribution in [0, 0.1) is 0 Å². The highest BCUT2D eigenvalue weighted by molar-refractivity contribution is 7.09. The fourth-order valence-electron chi connectivity index (χ4n) is 1.01. The van der Waals surface area contributed by atoms with Crippen molar-refractivity contribution in [3.05, 3.63) is 34.5 Å². The zero-order valence-electron chi connectivity index (χ0n) is 7.12. The summed E-state index contributed by atoms with van der Waals surface area (Å²) in [5, 5.41) is 14.9. The van der Waals surface area contributed by atoms with Gasteiger partial charge in [0.2, 0.25) is 0 Å². The van der Waals surface area contributed by atoms with E-state index in [4.69, 9.17) is 5.11 Å². The van der Waals surface area contributed by atoms with E-state index in [0.29, 0.717) is 6.54 Å². The molecule has 0 aromatic carbocycles. The molecule has 0 atom stereocenters. The SMILES string of the molecule is O=C(O)c1csc(Cn2cccn2)n1. The summed E-state index contributed by atoms with van der Waals surface area (Å²) in [6.07, 6.45) is 3.48. The predicted octanol–water partition coefficient (Wildman–Crippen LogP) is 1.09. The fourth-order valence-corrected chi connectivity index (χ4v) is 1.77. The van der Waals surface area contributed by atoms with Crippen molar-refractivity contribution in [2.24, 2.45) is 0 Å². The number of hydrogen-bond donors (Lipinski definition) is 1. The Labute approximate surface area is 83.6 Å². The van der Waals surface area contributed by atoms with Gasteiger partial charge in [0.1, 0.15) is 5.01 Å². The Morgan fingerprint density at radius 3 is 3.07 bits per heavy atom. The molecule has 0 saturated carbocycles. The minimum Gasteiger partial charge on any atom is -0.476 e. The first-order chi connectivity index (χ1) is 6.75. The van der Waals surface area contributed by atoms with Crippen molar-refractivity contribution < 1.29 is 9.90 Å². The lowest BCUT2D eigenvalue weighted by molar-refractivity contribution is 0.0691. The highest BCUT2D eigenvalue weighted by atomic mass is 32.1. The standard InChI is InChI=1S/C8H7N3O2S/c12-8(13)6-5-14-7(10-6)4-11-3-1-2-9-11/h1-3,5H,4H2,(H,12,13). The van der Waals surface area contributed by atoms with Gasteiger partial charge in [-0.3, -0.25) is 4.68 Å². The lowest BCUT2D eigenvalue weighted by atomic mass is 10.5. The van der Waals surface area contributed by atoms with Crippen molar-refractivity contribution in [3.8, 4) is 0 Å². The van der Waals surface area contributed by atoms with E-state index >= 15 is 0 Å². The summed E-state index contributed by atoms with van der Waals surface area (Å²) in [4.78, 5) is 14.5. The number of carboxylic acids is 1. The molecule has 2 heterocycles. The monoisotopic (exact) mass is 209 g/mol. The summed E-state index contributed by atoms with van der Waals surface area (Å²) in [6.45, 7) is 0.519. The Morgan fingerprint density at radius 1 is 1.64 bits per heavy atom. The maximum absolute atomic E-state index is 10.5. The molecule has 0 aliphatic carbocycles. The minimum atomic E-state index is -0.993. The van der Waals surface area contributed by atoms with Crippen molar-refractivity contribution in [2.75, 3.05) is 0 Å². The van der Waals surface area contributed by atoms with Gasteiger partial charge in [-0.25, -0.2) is 9.78 Å². The number of aromatic carboxylic acids is 1. The molecule has 0 fully saturated rings. The third-order valence-electron chi connectivity index (χ3n) is 1.63. The van der Waals surface area contributed by atoms with Crippen molar-refractivity contribution in [3.63, 3.8) is 0 Å². The number of rotatable bonds is 3. The molecular formula is C8H7N3O2S. The molecule has 5 nitrogen and oxygen atoms in total. The molecule has 0 bridgehead atoms. The molecule has 72 valence electrons. The van der Waals surface area contributed by atoms with Gasteiger partial charge in [-0.1, -0.05) is 0 Å². The molecule has 0 aliphatic rings. The van der Waals surface area contributed by atoms with E-state index in [1.54, 1.807) is 10.9 Å². The van der Waals surface area contributed by atoms with Gasteiger partial charge in [0.05, 0.1) is 6.54 Å². The number of nitrogens with zero attached hydrogens (tertiary/aromatic N) is 3. The van der Waals surface area contributed by atoms with Crippen LogP contribution in [-0.2, 0) is 6.54 Å². The van der Waals surface area contributed by atoms with E-state index in [2.05, 4.69) is 10.1 Å². The van der Waals surface area contributed by atoms with Crippen LogP contribution in [0.5, 0.6) is 0 Å². The third-order valence-corrected chi connectivity index (χ3v) is 2.46. The van der Waals surface area contributed by atoms with Crippen LogP contribution in [0.4, 0.5) is 0 Å². The fraction of sp³-hybridized carbons (Fsp3) is 0.125. The molecule has 2 aromatic rings. The lowest BCUT2D eigenvalue weighted by Gasteiger charge is -1.94. The first-order valence-electron chi connectivity index (χ1n) is 3.91. The Balaban J connectivity index is 2.14. The molecule has 0 saturated heterocycles. The van der Waals surface area contributed by atoms with Crippen LogP contribution in [0.25, 0.3) is 0 Å². The Hall–Kier alpha value is -1.69. The first kappa shape index (κ1) is 8.89. The molecule has 0 aliphatic heterocycles. The summed E-state index contributed by atoms with van der Waals surface area (Å²) >= 11 is 1.32. The summed E-state index contributed by atoms with van der Waals surface area (Å²) in [6, 6.07) is 1.81. The van der Waals surface area contributed by atoms with Crippen LogP contribution in [0.3, 0.4) is 0 Å². The van der Waals surface area contributed by atoms with E-state index in [1.165, 1.54) is 16.7 Å². The molecule has 0 amide bonds. The number of aromatic nitrogens is 3. The quantitative estimate of drug-likeness (QED) is 0.821. The van der Waals surface area contributed by atoms with E-state index in [9.17, 15) is 4.79 Å². The van der Waals surface area contributed by atoms with Crippen molar-refractivity contribution in [1.29, 1.82) is 0 Å². The van der Waals surface area contributed by atoms with Gasteiger partial charge in [0.15, 0.2) is 5.69 Å². The van der Waals surface area contributed by atoms with Crippen LogP contribution >= 0.6 is 11.3 Å². The predicted molar refractivity (Wildman–Crippen MR) is 50.4 cm³/mol. The Morgan fingerprint density at radius 2 is 2.50 bits per heavy atom. The highest BCUT2D eigenvalue weighted by Gasteiger charge is 2.08. The van der Waals surface area contributed by atoms with Crippen LogP contribution in [0.1, 0.15) is 15.5 Å². The van der Waals surface area contributed by atoms with E-state index in [-0.39, 0.29) is 5.69 Å². The number of carbonyl (C=O) groups is 1. The zero-order valence-corrected chi connectivity index (χ0v) is 7.94. The van der Waals surface area contributed by atoms with Gasteiger partial charge >= 0.3 is 5.97 Å². The molecule has 0 spiro atoms. The average molecular weight is 209 g/mol. The van der Waals surface area contributed by atoms with Crippen LogP contribution in [0.2, 0.25) is 0 Å². The molecule has 0 unspecified atom stereocenters. The molecular weight excluding hydrogens is 202 g/mol. The number of hydrogen-bond acceptors (Lipinski definition) is 4. The van der Waals surface area contributed by atoms with Gasteiger partial charge in [-0.05, 0) is 6.07 Å². The molecule has 0 radical (unpaired) electrons. The molecule has 14 heavy (non-hydrogen) atoms. The second-order valence-electron chi connectivity index (χ2n) is 2.64. The van der Waals surface area contributed by atoms with E-state index < -0.39 is 5.97 Å². The second kappa shape index (κ2) is 3.59. The first-order valence-corrected chi connectivity index (χ1v) is 4.79. The number of carboxylic acid groups (broad SMARTS) is 1. The topological polar surface area (TPSA) is 68.0 Å². The van der Waals surface area contributed by atoms with Gasteiger partial charge in [-0.15, -0.1) is 11.3 Å². The van der Waals surface area contributed by atoms with Crippen LogP contribution < -0.4 is 0 Å². The minimum absolute atomic E-state index is 0.0946. The average Bonchev–Trinajstić information content (AvgIpc) is 2.75. The summed E-state index contributed by atoms with van der Waals surface area (Å²) in [7, 11) is 0. The molecule has 6 heteroatoms. The highest BCUT2D eigenvalue weighted by Crippen LogP contribution is 2.10. The smallest absolute Gasteiger partial charge is 0.355 e. The molecule has 2 aromatic heterocycles. The molecule has 2 rings (SSSR count). The summed E-state index contributed by atoms with van der Waals surface area (Å²) in [5.74, 6) is -0.993. The second-order valence-corrected chi connectivity index (χ2v) is 3.58. The largest absolute Gasteiger partial charge is 0.476 e. The third kappa shape index (κ3) is 1.80. The van der Waals surface area contributed by atoms with E-state index in [1.807, 2.05) is 12.3 Å². The lowest BCUT2D eigenvalue weighted by Crippen LogP contribution is -2.01. The Bertz CT molecular complexity index is 435. The summed E-state index contributed by atoms with van der Waals surface area (Å²) in [5.41, 5.74) is 0.0946.